The Bertz CT molecular complexity index is 485. The Morgan fingerprint density at radius 1 is 1.26 bits per heavy atom. The van der Waals surface area contributed by atoms with Crippen molar-refractivity contribution in [2.24, 2.45) is 5.73 Å². The monoisotopic (exact) mass is 356 g/mol. The molecule has 0 aromatic heterocycles. The number of nitrogens with two attached hydrogens (primary N) is 1. The van der Waals surface area contributed by atoms with Crippen LogP contribution in [0.4, 0.5) is 13.2 Å². The number of para-hydroxylation sites is 2. The molecule has 0 fully saturated rings. The van der Waals surface area contributed by atoms with E-state index in [9.17, 15) is 18.0 Å². The minimum Gasteiger partial charge on any atom is -0.480 e. The maximum absolute atomic E-state index is 12.2. The van der Waals surface area contributed by atoms with E-state index in [2.05, 4.69) is 10.1 Å². The maximum atomic E-state index is 12.2. The average molecular weight is 357 g/mol. The highest BCUT2D eigenvalue weighted by Gasteiger charge is 2.29. The lowest BCUT2D eigenvalue weighted by molar-refractivity contribution is -0.153. The van der Waals surface area contributed by atoms with Gasteiger partial charge in [0, 0.05) is 12.6 Å². The largest absolute Gasteiger partial charge is 0.480 e. The van der Waals surface area contributed by atoms with Gasteiger partial charge in [0.1, 0.15) is 0 Å². The predicted molar refractivity (Wildman–Crippen MR) is 82.0 cm³/mol. The van der Waals surface area contributed by atoms with Crippen LogP contribution in [0.25, 0.3) is 0 Å². The second kappa shape index (κ2) is 10.2. The van der Waals surface area contributed by atoms with Crippen LogP contribution < -0.4 is 20.5 Å². The normalized spacial score (nSPS) is 12.0. The number of halogens is 4. The first-order valence-corrected chi connectivity index (χ1v) is 6.71. The molecule has 0 aliphatic rings. The smallest absolute Gasteiger partial charge is 0.422 e. The zero-order chi connectivity index (χ0) is 16.6. The Kier molecular flexibility index (Phi) is 9.43. The Morgan fingerprint density at radius 3 is 2.35 bits per heavy atom. The van der Waals surface area contributed by atoms with Gasteiger partial charge in [-0.2, -0.15) is 13.2 Å². The van der Waals surface area contributed by atoms with Gasteiger partial charge in [-0.1, -0.05) is 12.1 Å². The van der Waals surface area contributed by atoms with E-state index in [1.165, 1.54) is 18.2 Å². The Balaban J connectivity index is 0.00000484. The summed E-state index contributed by atoms with van der Waals surface area (Å²) < 4.78 is 46.3. The van der Waals surface area contributed by atoms with E-state index >= 15 is 0 Å². The van der Waals surface area contributed by atoms with Crippen molar-refractivity contribution in [2.45, 2.75) is 25.6 Å². The van der Waals surface area contributed by atoms with E-state index in [1.807, 2.05) is 6.92 Å². The fraction of sp³-hybridized carbons (Fsp3) is 0.500. The summed E-state index contributed by atoms with van der Waals surface area (Å²) in [5.74, 6) is -0.372. The van der Waals surface area contributed by atoms with Gasteiger partial charge in [0.25, 0.3) is 5.91 Å². The topological polar surface area (TPSA) is 73.6 Å². The molecule has 3 N–H and O–H groups in total. The molecule has 0 spiro atoms. The molecular weight excluding hydrogens is 337 g/mol. The lowest BCUT2D eigenvalue weighted by Gasteiger charge is -2.14. The number of nitrogens with one attached hydrogen (secondary N) is 1. The summed E-state index contributed by atoms with van der Waals surface area (Å²) in [7, 11) is 0. The average Bonchev–Trinajstić information content (AvgIpc) is 2.42. The van der Waals surface area contributed by atoms with Gasteiger partial charge in [-0.3, -0.25) is 4.79 Å². The van der Waals surface area contributed by atoms with Crippen molar-refractivity contribution in [3.8, 4) is 11.5 Å². The summed E-state index contributed by atoms with van der Waals surface area (Å²) in [4.78, 5) is 11.5. The summed E-state index contributed by atoms with van der Waals surface area (Å²) in [5.41, 5.74) is 5.54. The van der Waals surface area contributed by atoms with E-state index in [-0.39, 0.29) is 42.5 Å². The zero-order valence-corrected chi connectivity index (χ0v) is 13.4. The predicted octanol–water partition coefficient (Wildman–Crippen LogP) is 2.28. The molecular formula is C14H20ClF3N2O3. The Labute approximate surface area is 138 Å². The second-order valence-electron chi connectivity index (χ2n) is 4.76. The first-order chi connectivity index (χ1) is 10.3. The molecule has 1 atom stereocenters. The molecule has 0 heterocycles. The van der Waals surface area contributed by atoms with Crippen LogP contribution in [0.3, 0.4) is 0 Å². The number of amides is 1. The van der Waals surface area contributed by atoms with Crippen molar-refractivity contribution in [2.75, 3.05) is 19.8 Å². The Morgan fingerprint density at radius 2 is 1.83 bits per heavy atom. The summed E-state index contributed by atoms with van der Waals surface area (Å²) in [6, 6.07) is 5.83. The van der Waals surface area contributed by atoms with Crippen LogP contribution >= 0.6 is 12.4 Å². The fourth-order valence-corrected chi connectivity index (χ4v) is 1.48. The number of hydrogen-bond donors (Lipinski definition) is 2. The molecule has 23 heavy (non-hydrogen) atoms. The van der Waals surface area contributed by atoms with Crippen LogP contribution in [0.1, 0.15) is 13.3 Å². The lowest BCUT2D eigenvalue weighted by atomic mass is 10.2. The molecule has 5 nitrogen and oxygen atoms in total. The van der Waals surface area contributed by atoms with Gasteiger partial charge < -0.3 is 20.5 Å². The van der Waals surface area contributed by atoms with Crippen molar-refractivity contribution in [3.05, 3.63) is 24.3 Å². The van der Waals surface area contributed by atoms with Crippen LogP contribution in [-0.4, -0.2) is 37.9 Å². The highest BCUT2D eigenvalue weighted by molar-refractivity contribution is 5.85. The molecule has 1 rings (SSSR count). The van der Waals surface area contributed by atoms with Crippen molar-refractivity contribution in [1.82, 2.24) is 5.32 Å². The summed E-state index contributed by atoms with van der Waals surface area (Å²) >= 11 is 0. The molecule has 1 amide bonds. The van der Waals surface area contributed by atoms with Gasteiger partial charge in [-0.25, -0.2) is 0 Å². The highest BCUT2D eigenvalue weighted by atomic mass is 35.5. The minimum atomic E-state index is -4.44. The van der Waals surface area contributed by atoms with Gasteiger partial charge in [-0.15, -0.1) is 12.4 Å². The molecule has 0 aliphatic carbocycles. The number of hydrogen-bond acceptors (Lipinski definition) is 4. The van der Waals surface area contributed by atoms with Crippen LogP contribution in [0.2, 0.25) is 0 Å². The summed E-state index contributed by atoms with van der Waals surface area (Å²) in [5, 5.41) is 2.60. The third-order valence-corrected chi connectivity index (χ3v) is 2.52. The van der Waals surface area contributed by atoms with Crippen molar-refractivity contribution >= 4 is 18.3 Å². The standard InChI is InChI=1S/C14H19F3N2O3.ClH/c1-10(18)6-7-19-13(20)8-21-11-4-2-3-5-12(11)22-9-14(15,16)17;/h2-5,10H,6-9,18H2,1H3,(H,19,20);1H. The van der Waals surface area contributed by atoms with Crippen LogP contribution in [-0.2, 0) is 4.79 Å². The van der Waals surface area contributed by atoms with E-state index in [0.29, 0.717) is 13.0 Å². The third-order valence-electron chi connectivity index (χ3n) is 2.52. The highest BCUT2D eigenvalue weighted by Crippen LogP contribution is 2.28. The molecule has 0 bridgehead atoms. The quantitative estimate of drug-likeness (QED) is 0.749. The maximum Gasteiger partial charge on any atom is 0.422 e. The van der Waals surface area contributed by atoms with E-state index < -0.39 is 12.8 Å². The van der Waals surface area contributed by atoms with Crippen molar-refractivity contribution in [1.29, 1.82) is 0 Å². The number of alkyl halides is 3. The van der Waals surface area contributed by atoms with E-state index in [1.54, 1.807) is 6.07 Å². The first-order valence-electron chi connectivity index (χ1n) is 6.71. The Hall–Kier alpha value is -1.67. The van der Waals surface area contributed by atoms with Gasteiger partial charge in [-0.05, 0) is 25.5 Å². The molecule has 0 saturated carbocycles. The molecule has 9 heteroatoms. The van der Waals surface area contributed by atoms with Gasteiger partial charge >= 0.3 is 6.18 Å². The molecule has 0 saturated heterocycles. The van der Waals surface area contributed by atoms with Crippen LogP contribution in [0, 0.1) is 0 Å². The molecule has 132 valence electrons. The lowest BCUT2D eigenvalue weighted by Crippen LogP contribution is -2.32. The molecule has 1 aromatic rings. The van der Waals surface area contributed by atoms with Crippen molar-refractivity contribution < 1.29 is 27.4 Å². The molecule has 1 aromatic carbocycles. The van der Waals surface area contributed by atoms with Gasteiger partial charge in [0.05, 0.1) is 0 Å². The van der Waals surface area contributed by atoms with E-state index in [4.69, 9.17) is 10.5 Å². The van der Waals surface area contributed by atoms with Crippen molar-refractivity contribution in [3.63, 3.8) is 0 Å². The number of rotatable bonds is 8. The summed E-state index contributed by atoms with van der Waals surface area (Å²) in [6.07, 6.45) is -3.82. The molecule has 1 unspecified atom stereocenters. The van der Waals surface area contributed by atoms with Gasteiger partial charge in [0.2, 0.25) is 0 Å². The number of ether oxygens (including phenoxy) is 2. The number of carbonyl (C=O) groups excluding carboxylic acids is 1. The molecule has 0 radical (unpaired) electrons. The summed E-state index contributed by atoms with van der Waals surface area (Å²) in [6.45, 7) is 0.488. The second-order valence-corrected chi connectivity index (χ2v) is 4.76. The fourth-order valence-electron chi connectivity index (χ4n) is 1.48. The van der Waals surface area contributed by atoms with Crippen LogP contribution in [0.5, 0.6) is 11.5 Å². The minimum absolute atomic E-state index is 0. The third kappa shape index (κ3) is 9.85. The number of benzene rings is 1. The van der Waals surface area contributed by atoms with Crippen LogP contribution in [0.15, 0.2) is 24.3 Å². The molecule has 0 aliphatic heterocycles. The van der Waals surface area contributed by atoms with E-state index in [0.717, 1.165) is 0 Å². The van der Waals surface area contributed by atoms with Gasteiger partial charge in [0.15, 0.2) is 24.7 Å². The SMILES string of the molecule is CC(N)CCNC(=O)COc1ccccc1OCC(F)(F)F.Cl. The first kappa shape index (κ1) is 21.3. The number of carbonyl (C=O) groups is 1. The zero-order valence-electron chi connectivity index (χ0n) is 12.6.